The summed E-state index contributed by atoms with van der Waals surface area (Å²) >= 11 is 0. The van der Waals surface area contributed by atoms with Gasteiger partial charge in [0.25, 0.3) is 0 Å². The molecule has 0 aliphatic heterocycles. The van der Waals surface area contributed by atoms with Gasteiger partial charge in [-0.3, -0.25) is 4.79 Å². The summed E-state index contributed by atoms with van der Waals surface area (Å²) in [6.07, 6.45) is 6.55. The Labute approximate surface area is 108 Å². The third-order valence-corrected chi connectivity index (χ3v) is 4.29. The zero-order valence-corrected chi connectivity index (χ0v) is 11.6. The van der Waals surface area contributed by atoms with Crippen LogP contribution in [0, 0.1) is 0 Å². The first-order valence-electron chi connectivity index (χ1n) is 6.17. The summed E-state index contributed by atoms with van der Waals surface area (Å²) in [4.78, 5) is 13.9. The van der Waals surface area contributed by atoms with E-state index in [-0.39, 0.29) is 10.9 Å². The molecule has 0 bridgehead atoms. The van der Waals surface area contributed by atoms with Crippen molar-refractivity contribution in [1.29, 1.82) is 0 Å². The molecule has 0 aliphatic carbocycles. The highest BCUT2D eigenvalue weighted by Gasteiger charge is 2.19. The number of aromatic nitrogens is 1. The van der Waals surface area contributed by atoms with E-state index in [1.54, 1.807) is 0 Å². The van der Waals surface area contributed by atoms with Gasteiger partial charge < -0.3 is 4.98 Å². The van der Waals surface area contributed by atoms with Crippen molar-refractivity contribution in [2.75, 3.05) is 0 Å². The van der Waals surface area contributed by atoms with Crippen molar-refractivity contribution in [3.05, 3.63) is 28.7 Å². The number of sulfonamides is 1. The summed E-state index contributed by atoms with van der Waals surface area (Å²) in [6, 6.07) is 1.04. The van der Waals surface area contributed by atoms with Crippen LogP contribution in [0.15, 0.2) is 28.2 Å². The standard InChI is InChI=1S/C12H20N2O3S/c1-3-4-5-6-10(2)14-18(16,17)12-9-13-8-7-11(12)15/h7-10,14H,3-6H2,1-2H3,(H,13,15). The molecule has 1 aromatic heterocycles. The van der Waals surface area contributed by atoms with Crippen LogP contribution >= 0.6 is 0 Å². The number of nitrogens with one attached hydrogen (secondary N) is 2. The fourth-order valence-electron chi connectivity index (χ4n) is 1.70. The Hall–Kier alpha value is -1.14. The molecule has 0 amide bonds. The highest BCUT2D eigenvalue weighted by Crippen LogP contribution is 2.07. The molecule has 1 atom stereocenters. The topological polar surface area (TPSA) is 79.0 Å². The van der Waals surface area contributed by atoms with Gasteiger partial charge in [0.15, 0.2) is 0 Å². The lowest BCUT2D eigenvalue weighted by atomic mass is 10.1. The SMILES string of the molecule is CCCCCC(C)NS(=O)(=O)c1c[nH]ccc1=O. The van der Waals surface area contributed by atoms with Gasteiger partial charge in [0, 0.05) is 24.5 Å². The number of aromatic amines is 1. The van der Waals surface area contributed by atoms with Crippen LogP contribution in [-0.2, 0) is 10.0 Å². The molecule has 0 fully saturated rings. The van der Waals surface area contributed by atoms with Gasteiger partial charge in [-0.1, -0.05) is 26.2 Å². The molecule has 102 valence electrons. The molecule has 1 heterocycles. The molecular formula is C12H20N2O3S. The van der Waals surface area contributed by atoms with Gasteiger partial charge in [0.2, 0.25) is 15.5 Å². The van der Waals surface area contributed by atoms with E-state index in [2.05, 4.69) is 16.6 Å². The number of H-pyrrole nitrogens is 1. The Kier molecular flexibility index (Phi) is 5.55. The Bertz CT molecular complexity index is 522. The smallest absolute Gasteiger partial charge is 0.246 e. The highest BCUT2D eigenvalue weighted by molar-refractivity contribution is 7.89. The van der Waals surface area contributed by atoms with Crippen molar-refractivity contribution in [3.63, 3.8) is 0 Å². The monoisotopic (exact) mass is 272 g/mol. The van der Waals surface area contributed by atoms with E-state index in [9.17, 15) is 13.2 Å². The van der Waals surface area contributed by atoms with E-state index in [0.29, 0.717) is 0 Å². The minimum atomic E-state index is -3.72. The van der Waals surface area contributed by atoms with E-state index < -0.39 is 15.5 Å². The van der Waals surface area contributed by atoms with Gasteiger partial charge in [0.05, 0.1) is 0 Å². The van der Waals surface area contributed by atoms with E-state index in [1.807, 2.05) is 6.92 Å². The summed E-state index contributed by atoms with van der Waals surface area (Å²) in [5.41, 5.74) is -0.498. The predicted molar refractivity (Wildman–Crippen MR) is 71.0 cm³/mol. The van der Waals surface area contributed by atoms with Crippen LogP contribution in [0.25, 0.3) is 0 Å². The Morgan fingerprint density at radius 2 is 2.11 bits per heavy atom. The van der Waals surface area contributed by atoms with Gasteiger partial charge in [-0.2, -0.15) is 0 Å². The molecule has 1 aromatic rings. The molecule has 5 nitrogen and oxygen atoms in total. The van der Waals surface area contributed by atoms with Crippen molar-refractivity contribution in [2.45, 2.75) is 50.5 Å². The van der Waals surface area contributed by atoms with Crippen molar-refractivity contribution in [2.24, 2.45) is 0 Å². The number of hydrogen-bond acceptors (Lipinski definition) is 3. The van der Waals surface area contributed by atoms with Crippen molar-refractivity contribution in [3.8, 4) is 0 Å². The maximum absolute atomic E-state index is 12.0. The van der Waals surface area contributed by atoms with Gasteiger partial charge in [-0.05, 0) is 13.3 Å². The Morgan fingerprint density at radius 3 is 2.72 bits per heavy atom. The van der Waals surface area contributed by atoms with Crippen LogP contribution in [0.2, 0.25) is 0 Å². The first kappa shape index (κ1) is 14.9. The molecule has 0 spiro atoms. The molecule has 0 radical (unpaired) electrons. The molecule has 0 aliphatic rings. The minimum absolute atomic E-state index is 0.166. The average molecular weight is 272 g/mol. The van der Waals surface area contributed by atoms with Crippen molar-refractivity contribution < 1.29 is 8.42 Å². The second-order valence-corrected chi connectivity index (χ2v) is 6.07. The van der Waals surface area contributed by atoms with E-state index in [1.165, 1.54) is 18.5 Å². The largest absolute Gasteiger partial charge is 0.366 e. The Morgan fingerprint density at radius 1 is 1.39 bits per heavy atom. The van der Waals surface area contributed by atoms with Crippen LogP contribution in [0.4, 0.5) is 0 Å². The van der Waals surface area contributed by atoms with Gasteiger partial charge in [-0.25, -0.2) is 13.1 Å². The number of hydrogen-bond donors (Lipinski definition) is 2. The fourth-order valence-corrected chi connectivity index (χ4v) is 3.03. The van der Waals surface area contributed by atoms with E-state index in [0.717, 1.165) is 25.7 Å². The summed E-state index contributed by atoms with van der Waals surface area (Å²) in [7, 11) is -3.72. The normalized spacial score (nSPS) is 13.4. The zero-order chi connectivity index (χ0) is 13.6. The molecule has 2 N–H and O–H groups in total. The van der Waals surface area contributed by atoms with Crippen molar-refractivity contribution >= 4 is 10.0 Å². The van der Waals surface area contributed by atoms with E-state index in [4.69, 9.17) is 0 Å². The predicted octanol–water partition coefficient (Wildman–Crippen LogP) is 1.62. The maximum Gasteiger partial charge on any atom is 0.246 e. The molecule has 0 saturated heterocycles. The molecule has 1 rings (SSSR count). The number of rotatable bonds is 7. The summed E-state index contributed by atoms with van der Waals surface area (Å²) in [6.45, 7) is 3.91. The summed E-state index contributed by atoms with van der Waals surface area (Å²) in [5, 5.41) is 0. The fraction of sp³-hybridized carbons (Fsp3) is 0.583. The third-order valence-electron chi connectivity index (χ3n) is 2.67. The van der Waals surface area contributed by atoms with Gasteiger partial charge in [-0.15, -0.1) is 0 Å². The lowest BCUT2D eigenvalue weighted by molar-refractivity contribution is 0.526. The van der Waals surface area contributed by atoms with Crippen LogP contribution in [0.3, 0.4) is 0 Å². The molecule has 0 aromatic carbocycles. The molecular weight excluding hydrogens is 252 g/mol. The first-order valence-corrected chi connectivity index (χ1v) is 7.65. The number of unbranched alkanes of at least 4 members (excludes halogenated alkanes) is 2. The first-order chi connectivity index (χ1) is 8.47. The van der Waals surface area contributed by atoms with Crippen molar-refractivity contribution in [1.82, 2.24) is 9.71 Å². The molecule has 18 heavy (non-hydrogen) atoms. The average Bonchev–Trinajstić information content (AvgIpc) is 2.29. The van der Waals surface area contributed by atoms with Gasteiger partial charge >= 0.3 is 0 Å². The lowest BCUT2D eigenvalue weighted by Crippen LogP contribution is -2.35. The minimum Gasteiger partial charge on any atom is -0.366 e. The molecule has 6 heteroatoms. The zero-order valence-electron chi connectivity index (χ0n) is 10.8. The maximum atomic E-state index is 12.0. The van der Waals surface area contributed by atoms with Gasteiger partial charge in [0.1, 0.15) is 4.90 Å². The summed E-state index contributed by atoms with van der Waals surface area (Å²) in [5.74, 6) is 0. The molecule has 1 unspecified atom stereocenters. The van der Waals surface area contributed by atoms with Crippen LogP contribution in [0.1, 0.15) is 39.5 Å². The highest BCUT2D eigenvalue weighted by atomic mass is 32.2. The lowest BCUT2D eigenvalue weighted by Gasteiger charge is -2.13. The molecule has 0 saturated carbocycles. The van der Waals surface area contributed by atoms with Crippen LogP contribution in [0.5, 0.6) is 0 Å². The van der Waals surface area contributed by atoms with Crippen LogP contribution < -0.4 is 10.2 Å². The third kappa shape index (κ3) is 4.27. The quantitative estimate of drug-likeness (QED) is 0.740. The summed E-state index contributed by atoms with van der Waals surface area (Å²) < 4.78 is 26.5. The van der Waals surface area contributed by atoms with Crippen LogP contribution in [-0.4, -0.2) is 19.4 Å². The number of pyridine rings is 1. The Balaban J connectivity index is 2.71. The van der Waals surface area contributed by atoms with E-state index >= 15 is 0 Å². The second-order valence-electron chi connectivity index (χ2n) is 4.39. The second kappa shape index (κ2) is 6.70.